The molecule has 0 unspecified atom stereocenters. The molecule has 0 saturated heterocycles. The van der Waals surface area contributed by atoms with Crippen LogP contribution in [0.5, 0.6) is 0 Å². The lowest BCUT2D eigenvalue weighted by Crippen LogP contribution is -2.51. The maximum absolute atomic E-state index is 12.8. The third-order valence-electron chi connectivity index (χ3n) is 9.73. The minimum Gasteiger partial charge on any atom is -0.393 e. The molecule has 1 N–H and O–H groups in total. The molecule has 0 radical (unpaired) electrons. The molecule has 0 heterocycles. The topological polar surface area (TPSA) is 49.8 Å². The van der Waals surface area contributed by atoms with E-state index in [1.165, 1.54) is 42.7 Å². The summed E-state index contributed by atoms with van der Waals surface area (Å²) in [7, 11) is 3.30. The Hall–Kier alpha value is -0.870. The van der Waals surface area contributed by atoms with Crippen LogP contribution in [-0.2, 0) is 9.63 Å². The Bertz CT molecular complexity index is 660. The van der Waals surface area contributed by atoms with Gasteiger partial charge in [0, 0.05) is 13.0 Å². The maximum atomic E-state index is 12.8. The summed E-state index contributed by atoms with van der Waals surface area (Å²) in [4.78, 5) is 18.0. The van der Waals surface area contributed by atoms with Crippen LogP contribution in [0.1, 0.15) is 72.1 Å². The van der Waals surface area contributed by atoms with Gasteiger partial charge in [-0.2, -0.15) is 0 Å². The number of hydroxylamine groups is 2. The van der Waals surface area contributed by atoms with Crippen LogP contribution in [0.3, 0.4) is 0 Å². The van der Waals surface area contributed by atoms with E-state index in [0.717, 1.165) is 37.0 Å². The van der Waals surface area contributed by atoms with E-state index in [1.807, 2.05) is 0 Å². The van der Waals surface area contributed by atoms with Gasteiger partial charge in [0.25, 0.3) is 0 Å². The molecule has 8 atom stereocenters. The molecule has 3 fully saturated rings. The van der Waals surface area contributed by atoms with Crippen molar-refractivity contribution >= 4 is 5.91 Å². The van der Waals surface area contributed by atoms with Crippen LogP contribution < -0.4 is 0 Å². The number of carbonyl (C=O) groups is 1. The number of hydrogen-bond acceptors (Lipinski definition) is 3. The molecule has 4 aliphatic carbocycles. The second-order valence-corrected chi connectivity index (χ2v) is 10.7. The maximum Gasteiger partial charge on any atom is 0.248 e. The molecule has 4 heteroatoms. The third-order valence-corrected chi connectivity index (χ3v) is 9.73. The lowest BCUT2D eigenvalue weighted by molar-refractivity contribution is -0.177. The van der Waals surface area contributed by atoms with E-state index in [-0.39, 0.29) is 23.3 Å². The minimum atomic E-state index is -0.134. The van der Waals surface area contributed by atoms with Gasteiger partial charge in [0.1, 0.15) is 0 Å². The fraction of sp³-hybridized carbons (Fsp3) is 0.875. The summed E-state index contributed by atoms with van der Waals surface area (Å²) in [5, 5.41) is 11.6. The van der Waals surface area contributed by atoms with Gasteiger partial charge in [0.2, 0.25) is 5.91 Å². The van der Waals surface area contributed by atoms with Crippen molar-refractivity contribution in [2.75, 3.05) is 14.2 Å². The molecule has 0 aromatic rings. The van der Waals surface area contributed by atoms with E-state index in [4.69, 9.17) is 4.84 Å². The van der Waals surface area contributed by atoms with Gasteiger partial charge in [-0.25, -0.2) is 5.06 Å². The van der Waals surface area contributed by atoms with E-state index >= 15 is 0 Å². The first-order chi connectivity index (χ1) is 13.2. The van der Waals surface area contributed by atoms with Crippen molar-refractivity contribution in [1.82, 2.24) is 5.06 Å². The zero-order valence-corrected chi connectivity index (χ0v) is 18.4. The third kappa shape index (κ3) is 2.89. The summed E-state index contributed by atoms with van der Waals surface area (Å²) in [6.45, 7) is 7.08. The lowest BCUT2D eigenvalue weighted by Gasteiger charge is -2.58. The molecular weight excluding hydrogens is 350 g/mol. The van der Waals surface area contributed by atoms with Crippen molar-refractivity contribution in [2.24, 2.45) is 40.4 Å². The van der Waals surface area contributed by atoms with Crippen molar-refractivity contribution in [3.05, 3.63) is 11.6 Å². The summed E-state index contributed by atoms with van der Waals surface area (Å²) in [5.74, 6) is 2.82. The molecule has 4 rings (SSSR count). The van der Waals surface area contributed by atoms with Crippen LogP contribution in [-0.4, -0.2) is 36.3 Å². The summed E-state index contributed by atoms with van der Waals surface area (Å²) in [5.41, 5.74) is 2.09. The van der Waals surface area contributed by atoms with Crippen LogP contribution in [0, 0.1) is 40.4 Å². The zero-order chi connectivity index (χ0) is 20.3. The van der Waals surface area contributed by atoms with Gasteiger partial charge in [-0.3, -0.25) is 9.63 Å². The molecule has 0 spiro atoms. The Kier molecular flexibility index (Phi) is 5.19. The van der Waals surface area contributed by atoms with Crippen molar-refractivity contribution in [3.8, 4) is 0 Å². The van der Waals surface area contributed by atoms with Crippen LogP contribution in [0.25, 0.3) is 0 Å². The van der Waals surface area contributed by atoms with E-state index < -0.39 is 0 Å². The van der Waals surface area contributed by atoms with E-state index in [9.17, 15) is 9.90 Å². The van der Waals surface area contributed by atoms with Gasteiger partial charge < -0.3 is 5.11 Å². The first-order valence-electron chi connectivity index (χ1n) is 11.4. The van der Waals surface area contributed by atoms with Crippen LogP contribution in [0.4, 0.5) is 0 Å². The van der Waals surface area contributed by atoms with E-state index in [0.29, 0.717) is 11.3 Å². The largest absolute Gasteiger partial charge is 0.393 e. The number of aliphatic hydroxyl groups is 1. The van der Waals surface area contributed by atoms with Gasteiger partial charge >= 0.3 is 0 Å². The molecule has 3 saturated carbocycles. The molecule has 0 bridgehead atoms. The molecule has 4 nitrogen and oxygen atoms in total. The molecule has 0 aromatic heterocycles. The highest BCUT2D eigenvalue weighted by atomic mass is 16.7. The standard InChI is InChI=1S/C24H39NO3/c1-15(22(27)25(4)28-5)19-8-9-20-18-7-6-16-14-17(26)10-12-23(16,2)21(18)11-13-24(19,20)3/h6,15,17-21,26H,7-14H2,1-5H3/t15-,17-,18-,19+,20-,21-,23-,24+/m0/s1. The fourth-order valence-electron chi connectivity index (χ4n) is 8.05. The number of fused-ring (bicyclic) bond motifs is 5. The van der Waals surface area contributed by atoms with E-state index in [2.05, 4.69) is 26.8 Å². The molecule has 158 valence electrons. The number of nitrogens with zero attached hydrogens (tertiary/aromatic N) is 1. The highest BCUT2D eigenvalue weighted by Crippen LogP contribution is 2.67. The van der Waals surface area contributed by atoms with Crippen LogP contribution in [0.15, 0.2) is 11.6 Å². The van der Waals surface area contributed by atoms with E-state index in [1.54, 1.807) is 14.2 Å². The Labute approximate surface area is 170 Å². The molecule has 4 aliphatic rings. The van der Waals surface area contributed by atoms with Crippen LogP contribution in [0.2, 0.25) is 0 Å². The average molecular weight is 390 g/mol. The predicted octanol–water partition coefficient (Wildman–Crippen LogP) is 4.58. The highest BCUT2D eigenvalue weighted by molar-refractivity contribution is 5.77. The second-order valence-electron chi connectivity index (χ2n) is 10.7. The molecule has 0 aliphatic heterocycles. The zero-order valence-electron chi connectivity index (χ0n) is 18.4. The first-order valence-corrected chi connectivity index (χ1v) is 11.4. The summed E-state index contributed by atoms with van der Waals surface area (Å²) < 4.78 is 0. The summed E-state index contributed by atoms with van der Waals surface area (Å²) in [6, 6.07) is 0. The fourth-order valence-corrected chi connectivity index (χ4v) is 8.05. The van der Waals surface area contributed by atoms with Crippen LogP contribution >= 0.6 is 0 Å². The molecule has 0 aromatic carbocycles. The Morgan fingerprint density at radius 3 is 2.68 bits per heavy atom. The highest BCUT2D eigenvalue weighted by Gasteiger charge is 2.59. The Morgan fingerprint density at radius 2 is 1.96 bits per heavy atom. The minimum absolute atomic E-state index is 0.0200. The Balaban J connectivity index is 1.58. The number of hydrogen-bond donors (Lipinski definition) is 1. The Morgan fingerprint density at radius 1 is 1.21 bits per heavy atom. The number of rotatable bonds is 3. The molecule has 1 amide bonds. The smallest absolute Gasteiger partial charge is 0.248 e. The number of amides is 1. The SMILES string of the molecule is CON(C)C(=O)[C@@H](C)[C@H]1CC[C@H]2[C@@H]3CC=C4C[C@@H](O)CC[C@]4(C)[C@H]3CC[C@]12C. The van der Waals surface area contributed by atoms with Crippen molar-refractivity contribution in [3.63, 3.8) is 0 Å². The molecule has 28 heavy (non-hydrogen) atoms. The van der Waals surface area contributed by atoms with Crippen molar-refractivity contribution in [1.29, 1.82) is 0 Å². The predicted molar refractivity (Wildman–Crippen MR) is 110 cm³/mol. The summed E-state index contributed by atoms with van der Waals surface area (Å²) >= 11 is 0. The normalized spacial score (nSPS) is 46.1. The van der Waals surface area contributed by atoms with Gasteiger partial charge in [0.15, 0.2) is 0 Å². The first kappa shape index (κ1) is 20.4. The summed E-state index contributed by atoms with van der Waals surface area (Å²) in [6.07, 6.45) is 11.5. The van der Waals surface area contributed by atoms with Gasteiger partial charge in [-0.05, 0) is 85.9 Å². The molecular formula is C24H39NO3. The quantitative estimate of drug-likeness (QED) is 0.568. The second kappa shape index (κ2) is 7.12. The van der Waals surface area contributed by atoms with Gasteiger partial charge in [-0.1, -0.05) is 32.4 Å². The average Bonchev–Trinajstić information content (AvgIpc) is 3.04. The monoisotopic (exact) mass is 389 g/mol. The number of carbonyl (C=O) groups excluding carboxylic acids is 1. The van der Waals surface area contributed by atoms with Crippen molar-refractivity contribution in [2.45, 2.75) is 78.2 Å². The lowest BCUT2D eigenvalue weighted by atomic mass is 9.47. The number of aliphatic hydroxyl groups excluding tert-OH is 1. The van der Waals surface area contributed by atoms with Gasteiger partial charge in [-0.15, -0.1) is 0 Å². The number of allylic oxidation sites excluding steroid dienone is 1. The van der Waals surface area contributed by atoms with Crippen molar-refractivity contribution < 1.29 is 14.7 Å². The van der Waals surface area contributed by atoms with Gasteiger partial charge in [0.05, 0.1) is 13.2 Å².